The zero-order valence-corrected chi connectivity index (χ0v) is 11.8. The molecule has 0 aliphatic rings. The first-order valence-corrected chi connectivity index (χ1v) is 6.76. The molecule has 2 rings (SSSR count). The van der Waals surface area contributed by atoms with Crippen LogP contribution in [-0.2, 0) is 6.42 Å². The third kappa shape index (κ3) is 3.52. The molecule has 0 bridgehead atoms. The molecule has 2 aromatic rings. The summed E-state index contributed by atoms with van der Waals surface area (Å²) in [6.45, 7) is 2.57. The van der Waals surface area contributed by atoms with Gasteiger partial charge in [-0.25, -0.2) is 8.78 Å². The van der Waals surface area contributed by atoms with Crippen LogP contribution >= 0.6 is 11.6 Å². The standard InChI is InChI=1S/C15H15ClF2N2/c1-2-20-15(7-10-3-5-19-6-4-10)11-8-14(18)12(16)9-13(11)17/h3-6,8-9,15,20H,2,7H2,1H3. The van der Waals surface area contributed by atoms with E-state index in [-0.39, 0.29) is 16.6 Å². The van der Waals surface area contributed by atoms with Crippen LogP contribution in [0, 0.1) is 11.6 Å². The summed E-state index contributed by atoms with van der Waals surface area (Å²) in [4.78, 5) is 3.94. The third-order valence-electron chi connectivity index (χ3n) is 3.05. The molecule has 0 saturated carbocycles. The number of aromatic nitrogens is 1. The highest BCUT2D eigenvalue weighted by atomic mass is 35.5. The average molecular weight is 297 g/mol. The Labute approximate surface area is 121 Å². The van der Waals surface area contributed by atoms with Gasteiger partial charge in [-0.2, -0.15) is 0 Å². The summed E-state index contributed by atoms with van der Waals surface area (Å²) in [7, 11) is 0. The number of hydrogen-bond donors (Lipinski definition) is 1. The van der Waals surface area contributed by atoms with Gasteiger partial charge in [0.2, 0.25) is 0 Å². The molecule has 106 valence electrons. The highest BCUT2D eigenvalue weighted by Gasteiger charge is 2.18. The molecule has 0 saturated heterocycles. The second-order valence-electron chi connectivity index (χ2n) is 4.46. The number of rotatable bonds is 5. The maximum absolute atomic E-state index is 14.0. The second kappa shape index (κ2) is 6.77. The van der Waals surface area contributed by atoms with E-state index in [0.29, 0.717) is 13.0 Å². The van der Waals surface area contributed by atoms with E-state index in [0.717, 1.165) is 17.7 Å². The molecule has 1 unspecified atom stereocenters. The monoisotopic (exact) mass is 296 g/mol. The van der Waals surface area contributed by atoms with Gasteiger partial charge in [-0.05, 0) is 42.8 Å². The van der Waals surface area contributed by atoms with E-state index in [2.05, 4.69) is 10.3 Å². The quantitative estimate of drug-likeness (QED) is 0.846. The van der Waals surface area contributed by atoms with E-state index in [1.807, 2.05) is 19.1 Å². The van der Waals surface area contributed by atoms with E-state index in [1.54, 1.807) is 12.4 Å². The Hall–Kier alpha value is -1.52. The van der Waals surface area contributed by atoms with E-state index < -0.39 is 11.6 Å². The minimum absolute atomic E-state index is 0.203. The van der Waals surface area contributed by atoms with Crippen LogP contribution in [0.5, 0.6) is 0 Å². The predicted molar refractivity (Wildman–Crippen MR) is 75.7 cm³/mol. The Morgan fingerprint density at radius 2 is 1.90 bits per heavy atom. The molecule has 0 amide bonds. The molecule has 5 heteroatoms. The fourth-order valence-electron chi connectivity index (χ4n) is 2.10. The number of halogens is 3. The summed E-state index contributed by atoms with van der Waals surface area (Å²) in [6.07, 6.45) is 3.91. The van der Waals surface area contributed by atoms with Crippen molar-refractivity contribution in [1.82, 2.24) is 10.3 Å². The van der Waals surface area contributed by atoms with Gasteiger partial charge >= 0.3 is 0 Å². The zero-order valence-electron chi connectivity index (χ0n) is 11.0. The van der Waals surface area contributed by atoms with Crippen molar-refractivity contribution in [2.75, 3.05) is 6.54 Å². The fourth-order valence-corrected chi connectivity index (χ4v) is 2.25. The minimum Gasteiger partial charge on any atom is -0.310 e. The van der Waals surface area contributed by atoms with Gasteiger partial charge in [0.1, 0.15) is 11.6 Å². The summed E-state index contributed by atoms with van der Waals surface area (Å²) in [5, 5.41) is 2.96. The van der Waals surface area contributed by atoms with Crippen LogP contribution in [0.15, 0.2) is 36.7 Å². The first-order valence-electron chi connectivity index (χ1n) is 6.38. The van der Waals surface area contributed by atoms with Crippen molar-refractivity contribution in [3.8, 4) is 0 Å². The van der Waals surface area contributed by atoms with Crippen molar-refractivity contribution in [1.29, 1.82) is 0 Å². The molecule has 0 spiro atoms. The van der Waals surface area contributed by atoms with Crippen LogP contribution in [0.1, 0.15) is 24.1 Å². The maximum atomic E-state index is 14.0. The van der Waals surface area contributed by atoms with Gasteiger partial charge in [0.15, 0.2) is 0 Å². The molecule has 1 atom stereocenters. The van der Waals surface area contributed by atoms with Gasteiger partial charge in [-0.15, -0.1) is 0 Å². The Bertz CT molecular complexity index is 576. The predicted octanol–water partition coefficient (Wildman–Crippen LogP) is 3.91. The SMILES string of the molecule is CCNC(Cc1ccncc1)c1cc(F)c(Cl)cc1F. The third-order valence-corrected chi connectivity index (χ3v) is 3.34. The van der Waals surface area contributed by atoms with Gasteiger partial charge in [0.05, 0.1) is 5.02 Å². The number of nitrogens with zero attached hydrogens (tertiary/aromatic N) is 1. The highest BCUT2D eigenvalue weighted by Crippen LogP contribution is 2.26. The molecule has 20 heavy (non-hydrogen) atoms. The van der Waals surface area contributed by atoms with Gasteiger partial charge in [-0.1, -0.05) is 18.5 Å². The second-order valence-corrected chi connectivity index (χ2v) is 4.86. The Morgan fingerprint density at radius 3 is 2.55 bits per heavy atom. The molecule has 0 radical (unpaired) electrons. The molecule has 0 aliphatic heterocycles. The van der Waals surface area contributed by atoms with Gasteiger partial charge in [0, 0.05) is 24.0 Å². The van der Waals surface area contributed by atoms with Crippen molar-refractivity contribution in [3.63, 3.8) is 0 Å². The lowest BCUT2D eigenvalue weighted by molar-refractivity contribution is 0.502. The smallest absolute Gasteiger partial charge is 0.142 e. The van der Waals surface area contributed by atoms with Crippen LogP contribution in [0.4, 0.5) is 8.78 Å². The Kier molecular flexibility index (Phi) is 5.04. The maximum Gasteiger partial charge on any atom is 0.142 e. The molecular weight excluding hydrogens is 282 g/mol. The van der Waals surface area contributed by atoms with Crippen molar-refractivity contribution < 1.29 is 8.78 Å². The molecule has 1 heterocycles. The Balaban J connectivity index is 2.31. The number of benzene rings is 1. The van der Waals surface area contributed by atoms with Crippen LogP contribution in [-0.4, -0.2) is 11.5 Å². The number of likely N-dealkylation sites (N-methyl/N-ethyl adjacent to an activating group) is 1. The number of hydrogen-bond acceptors (Lipinski definition) is 2. The van der Waals surface area contributed by atoms with Crippen LogP contribution in [0.25, 0.3) is 0 Å². The lowest BCUT2D eigenvalue weighted by Crippen LogP contribution is -2.24. The molecule has 2 nitrogen and oxygen atoms in total. The summed E-state index contributed by atoms with van der Waals surface area (Å²) in [6, 6.07) is 5.58. The van der Waals surface area contributed by atoms with E-state index >= 15 is 0 Å². The fraction of sp³-hybridized carbons (Fsp3) is 0.267. The average Bonchev–Trinajstić information content (AvgIpc) is 2.44. The van der Waals surface area contributed by atoms with Crippen molar-refractivity contribution in [2.45, 2.75) is 19.4 Å². The number of nitrogens with one attached hydrogen (secondary N) is 1. The summed E-state index contributed by atoms with van der Waals surface area (Å²) in [5.74, 6) is -1.11. The highest BCUT2D eigenvalue weighted by molar-refractivity contribution is 6.30. The minimum atomic E-state index is -0.610. The summed E-state index contributed by atoms with van der Waals surface area (Å²) in [5.41, 5.74) is 1.28. The lowest BCUT2D eigenvalue weighted by Gasteiger charge is -2.19. The van der Waals surface area contributed by atoms with Gasteiger partial charge in [-0.3, -0.25) is 4.98 Å². The van der Waals surface area contributed by atoms with Gasteiger partial charge in [0.25, 0.3) is 0 Å². The normalized spacial score (nSPS) is 12.4. The van der Waals surface area contributed by atoms with E-state index in [9.17, 15) is 8.78 Å². The van der Waals surface area contributed by atoms with Crippen molar-refractivity contribution >= 4 is 11.6 Å². The summed E-state index contributed by atoms with van der Waals surface area (Å²) >= 11 is 5.58. The van der Waals surface area contributed by atoms with Crippen molar-refractivity contribution in [2.24, 2.45) is 0 Å². The topological polar surface area (TPSA) is 24.9 Å². The van der Waals surface area contributed by atoms with Crippen LogP contribution in [0.2, 0.25) is 5.02 Å². The largest absolute Gasteiger partial charge is 0.310 e. The van der Waals surface area contributed by atoms with Crippen molar-refractivity contribution in [3.05, 3.63) is 64.4 Å². The molecule has 0 fully saturated rings. The van der Waals surface area contributed by atoms with Gasteiger partial charge < -0.3 is 5.32 Å². The lowest BCUT2D eigenvalue weighted by atomic mass is 9.98. The Morgan fingerprint density at radius 1 is 1.20 bits per heavy atom. The van der Waals surface area contributed by atoms with Crippen LogP contribution in [0.3, 0.4) is 0 Å². The molecule has 1 aromatic heterocycles. The van der Waals surface area contributed by atoms with Crippen LogP contribution < -0.4 is 5.32 Å². The van der Waals surface area contributed by atoms with E-state index in [4.69, 9.17) is 11.6 Å². The van der Waals surface area contributed by atoms with E-state index in [1.165, 1.54) is 0 Å². The number of pyridine rings is 1. The molecular formula is C15H15ClF2N2. The molecule has 1 N–H and O–H groups in total. The first kappa shape index (κ1) is 14.9. The zero-order chi connectivity index (χ0) is 14.5. The molecule has 0 aliphatic carbocycles. The first-order chi connectivity index (χ1) is 9.61. The summed E-state index contributed by atoms with van der Waals surface area (Å²) < 4.78 is 27.6. The molecule has 1 aromatic carbocycles.